The molecule has 2 unspecified atom stereocenters. The fourth-order valence-electron chi connectivity index (χ4n) is 3.15. The van der Waals surface area contributed by atoms with E-state index in [4.69, 9.17) is 23.2 Å². The van der Waals surface area contributed by atoms with Crippen LogP contribution in [0.1, 0.15) is 19.3 Å². The number of hydrogen-bond donors (Lipinski definition) is 2. The van der Waals surface area contributed by atoms with Crippen LogP contribution < -0.4 is 10.6 Å². The molecule has 2 atom stereocenters. The first-order valence-corrected chi connectivity index (χ1v) is 8.09. The quantitative estimate of drug-likeness (QED) is 0.866. The van der Waals surface area contributed by atoms with Gasteiger partial charge < -0.3 is 10.6 Å². The van der Waals surface area contributed by atoms with Gasteiger partial charge in [0.15, 0.2) is 0 Å². The highest BCUT2D eigenvalue weighted by atomic mass is 35.5. The number of carbonyl (C=O) groups excluding carboxylic acids is 1. The Labute approximate surface area is 146 Å². The Morgan fingerprint density at radius 2 is 2.05 bits per heavy atom. The second-order valence-electron chi connectivity index (χ2n) is 5.83. The van der Waals surface area contributed by atoms with Crippen LogP contribution in [0.25, 0.3) is 0 Å². The second-order valence-corrected chi connectivity index (χ2v) is 6.68. The van der Waals surface area contributed by atoms with E-state index >= 15 is 0 Å². The number of likely N-dealkylation sites (tertiary alicyclic amines) is 1. The van der Waals surface area contributed by atoms with Gasteiger partial charge in [0, 0.05) is 30.2 Å². The first-order valence-electron chi connectivity index (χ1n) is 7.33. The number of hydrogen-bond acceptors (Lipinski definition) is 3. The molecule has 2 N–H and O–H groups in total. The zero-order valence-corrected chi connectivity index (χ0v) is 14.5. The lowest BCUT2D eigenvalue weighted by atomic mass is 10.1. The van der Waals surface area contributed by atoms with Crippen molar-refractivity contribution in [2.45, 2.75) is 31.3 Å². The molecule has 2 aliphatic rings. The van der Waals surface area contributed by atoms with Crippen molar-refractivity contribution in [2.75, 3.05) is 25.0 Å². The predicted octanol–water partition coefficient (Wildman–Crippen LogP) is 3.18. The number of nitrogens with zero attached hydrogens (tertiary/aromatic N) is 1. The molecule has 2 aliphatic heterocycles. The number of amides is 1. The van der Waals surface area contributed by atoms with Crippen molar-refractivity contribution in [3.05, 3.63) is 28.2 Å². The monoisotopic (exact) mass is 363 g/mol. The predicted molar refractivity (Wildman–Crippen MR) is 93.3 cm³/mol. The summed E-state index contributed by atoms with van der Waals surface area (Å²) in [5.41, 5.74) is 0.573. The van der Waals surface area contributed by atoms with Crippen molar-refractivity contribution in [2.24, 2.45) is 0 Å². The Bertz CT molecular complexity index is 541. The molecule has 22 heavy (non-hydrogen) atoms. The molecule has 2 fully saturated rings. The molecule has 2 saturated heterocycles. The molecule has 0 saturated carbocycles. The Kier molecular flexibility index (Phi) is 6.36. The zero-order chi connectivity index (χ0) is 14.8. The number of carbonyl (C=O) groups is 1. The molecule has 3 rings (SSSR count). The fraction of sp³-hybridized carbons (Fsp3) is 0.533. The zero-order valence-electron chi connectivity index (χ0n) is 12.1. The molecule has 1 amide bonds. The standard InChI is InChI=1S/C15H19Cl2N3O.ClH/c16-10-1-4-13(17)14(7-10)19-15(21)9-20-6-5-11-2-3-12(8-20)18-11;/h1,4,7,11-12,18H,2-3,5-6,8-9H2,(H,19,21);1H. The van der Waals surface area contributed by atoms with Gasteiger partial charge in [-0.15, -0.1) is 12.4 Å². The molecule has 7 heteroatoms. The molecule has 0 aromatic heterocycles. The van der Waals surface area contributed by atoms with Gasteiger partial charge in [0.2, 0.25) is 5.91 Å². The lowest BCUT2D eigenvalue weighted by Crippen LogP contribution is -2.39. The number of fused-ring (bicyclic) bond motifs is 2. The van der Waals surface area contributed by atoms with Gasteiger partial charge in [-0.05, 0) is 37.5 Å². The summed E-state index contributed by atoms with van der Waals surface area (Å²) in [6, 6.07) is 6.23. The van der Waals surface area contributed by atoms with E-state index in [0.717, 1.165) is 19.5 Å². The molecule has 4 nitrogen and oxygen atoms in total. The van der Waals surface area contributed by atoms with E-state index in [2.05, 4.69) is 15.5 Å². The molecule has 0 radical (unpaired) electrons. The third-order valence-electron chi connectivity index (χ3n) is 4.18. The number of rotatable bonds is 3. The van der Waals surface area contributed by atoms with Crippen LogP contribution in [0.4, 0.5) is 5.69 Å². The summed E-state index contributed by atoms with van der Waals surface area (Å²) in [5.74, 6) is -0.0445. The van der Waals surface area contributed by atoms with Gasteiger partial charge in [-0.1, -0.05) is 23.2 Å². The van der Waals surface area contributed by atoms with Crippen molar-refractivity contribution in [1.82, 2.24) is 10.2 Å². The molecule has 2 heterocycles. The van der Waals surface area contributed by atoms with Gasteiger partial charge in [0.1, 0.15) is 0 Å². The number of anilines is 1. The summed E-state index contributed by atoms with van der Waals surface area (Å²) in [6.45, 7) is 2.30. The van der Waals surface area contributed by atoms with Crippen LogP contribution in [0.3, 0.4) is 0 Å². The third kappa shape index (κ3) is 4.49. The normalized spacial score (nSPS) is 24.5. The maximum atomic E-state index is 12.2. The Morgan fingerprint density at radius 3 is 2.86 bits per heavy atom. The van der Waals surface area contributed by atoms with Crippen molar-refractivity contribution in [3.63, 3.8) is 0 Å². The minimum atomic E-state index is -0.0445. The second kappa shape index (κ2) is 7.84. The SMILES string of the molecule is Cl.O=C(CN1CCC2CCC(C1)N2)Nc1cc(Cl)ccc1Cl. The minimum Gasteiger partial charge on any atom is -0.324 e. The van der Waals surface area contributed by atoms with Gasteiger partial charge in [-0.25, -0.2) is 0 Å². The summed E-state index contributed by atoms with van der Waals surface area (Å²) < 4.78 is 0. The van der Waals surface area contributed by atoms with Crippen LogP contribution in [0.5, 0.6) is 0 Å². The number of halogens is 3. The molecule has 0 aliphatic carbocycles. The Morgan fingerprint density at radius 1 is 1.27 bits per heavy atom. The van der Waals surface area contributed by atoms with Crippen LogP contribution in [-0.2, 0) is 4.79 Å². The van der Waals surface area contributed by atoms with Crippen LogP contribution >= 0.6 is 35.6 Å². The summed E-state index contributed by atoms with van der Waals surface area (Å²) in [7, 11) is 0. The van der Waals surface area contributed by atoms with E-state index in [9.17, 15) is 4.79 Å². The first kappa shape index (κ1) is 17.8. The van der Waals surface area contributed by atoms with E-state index in [1.807, 2.05) is 0 Å². The Balaban J connectivity index is 0.00000176. The highest BCUT2D eigenvalue weighted by Crippen LogP contribution is 2.25. The maximum absolute atomic E-state index is 12.2. The highest BCUT2D eigenvalue weighted by Gasteiger charge is 2.29. The van der Waals surface area contributed by atoms with Crippen molar-refractivity contribution >= 4 is 47.2 Å². The van der Waals surface area contributed by atoms with E-state index in [1.165, 1.54) is 12.8 Å². The van der Waals surface area contributed by atoms with Gasteiger partial charge in [-0.3, -0.25) is 9.69 Å². The van der Waals surface area contributed by atoms with Crippen LogP contribution in [0, 0.1) is 0 Å². The van der Waals surface area contributed by atoms with Crippen molar-refractivity contribution in [3.8, 4) is 0 Å². The van der Waals surface area contributed by atoms with Crippen molar-refractivity contribution < 1.29 is 4.79 Å². The molecular weight excluding hydrogens is 345 g/mol. The summed E-state index contributed by atoms with van der Waals surface area (Å²) in [6.07, 6.45) is 3.59. The van der Waals surface area contributed by atoms with Gasteiger partial charge in [0.25, 0.3) is 0 Å². The molecule has 122 valence electrons. The van der Waals surface area contributed by atoms with Gasteiger partial charge in [0.05, 0.1) is 17.3 Å². The number of nitrogens with one attached hydrogen (secondary N) is 2. The average Bonchev–Trinajstić information content (AvgIpc) is 2.77. The van der Waals surface area contributed by atoms with Crippen LogP contribution in [-0.4, -0.2) is 42.5 Å². The van der Waals surface area contributed by atoms with E-state index in [-0.39, 0.29) is 18.3 Å². The van der Waals surface area contributed by atoms with Crippen LogP contribution in [0.2, 0.25) is 10.0 Å². The van der Waals surface area contributed by atoms with E-state index in [1.54, 1.807) is 18.2 Å². The van der Waals surface area contributed by atoms with Crippen LogP contribution in [0.15, 0.2) is 18.2 Å². The molecular formula is C15H20Cl3N3O. The summed E-state index contributed by atoms with van der Waals surface area (Å²) in [5, 5.41) is 7.52. The van der Waals surface area contributed by atoms with Crippen molar-refractivity contribution in [1.29, 1.82) is 0 Å². The summed E-state index contributed by atoms with van der Waals surface area (Å²) >= 11 is 12.0. The smallest absolute Gasteiger partial charge is 0.238 e. The van der Waals surface area contributed by atoms with Gasteiger partial charge >= 0.3 is 0 Å². The van der Waals surface area contributed by atoms with Gasteiger partial charge in [-0.2, -0.15) is 0 Å². The third-order valence-corrected chi connectivity index (χ3v) is 4.74. The molecule has 1 aromatic carbocycles. The highest BCUT2D eigenvalue weighted by molar-refractivity contribution is 6.35. The average molecular weight is 365 g/mol. The maximum Gasteiger partial charge on any atom is 0.238 e. The summed E-state index contributed by atoms with van der Waals surface area (Å²) in [4.78, 5) is 14.4. The number of benzene rings is 1. The lowest BCUT2D eigenvalue weighted by molar-refractivity contribution is -0.117. The molecule has 1 aromatic rings. The van der Waals surface area contributed by atoms with E-state index < -0.39 is 0 Å². The fourth-order valence-corrected chi connectivity index (χ4v) is 3.48. The van der Waals surface area contributed by atoms with E-state index in [0.29, 0.717) is 34.4 Å². The minimum absolute atomic E-state index is 0. The topological polar surface area (TPSA) is 44.4 Å². The first-order chi connectivity index (χ1) is 10.1. The lowest BCUT2D eigenvalue weighted by Gasteiger charge is -2.23. The Hall–Kier alpha value is -0.520. The molecule has 2 bridgehead atoms. The largest absolute Gasteiger partial charge is 0.324 e. The molecule has 0 spiro atoms.